The molecule has 1 atom stereocenters. The van der Waals surface area contributed by atoms with E-state index in [1.165, 1.54) is 5.56 Å². The summed E-state index contributed by atoms with van der Waals surface area (Å²) in [4.78, 5) is 0.318. The van der Waals surface area contributed by atoms with Gasteiger partial charge in [0.1, 0.15) is 0 Å². The summed E-state index contributed by atoms with van der Waals surface area (Å²) in [6.07, 6.45) is 4.33. The number of hydrogen-bond donors (Lipinski definition) is 2. The van der Waals surface area contributed by atoms with Crippen LogP contribution in [0.15, 0.2) is 29.2 Å². The average molecular weight is 347 g/mol. The summed E-state index contributed by atoms with van der Waals surface area (Å²) < 4.78 is 27.0. The summed E-state index contributed by atoms with van der Waals surface area (Å²) in [5.41, 5.74) is 7.11. The fourth-order valence-corrected chi connectivity index (χ4v) is 3.34. The van der Waals surface area contributed by atoms with Gasteiger partial charge in [0.05, 0.1) is 4.90 Å². The van der Waals surface area contributed by atoms with Crippen molar-refractivity contribution in [3.8, 4) is 0 Å². The SMILES string of the molecule is CC(C)CCc1ccc(S(=O)(=O)NCC(N)C2CC2)cc1.Cl. The van der Waals surface area contributed by atoms with Crippen LogP contribution in [-0.2, 0) is 16.4 Å². The predicted octanol–water partition coefficient (Wildman–Crippen LogP) is 2.71. The summed E-state index contributed by atoms with van der Waals surface area (Å²) in [5.74, 6) is 1.14. The molecular weight excluding hydrogens is 320 g/mol. The van der Waals surface area contributed by atoms with Gasteiger partial charge in [0.2, 0.25) is 10.0 Å². The molecule has 4 nitrogen and oxygen atoms in total. The Kier molecular flexibility index (Phi) is 7.32. The Labute approximate surface area is 140 Å². The van der Waals surface area contributed by atoms with Gasteiger partial charge in [-0.1, -0.05) is 26.0 Å². The van der Waals surface area contributed by atoms with Crippen molar-refractivity contribution in [3.63, 3.8) is 0 Å². The second-order valence-electron chi connectivity index (χ2n) is 6.43. The van der Waals surface area contributed by atoms with E-state index in [-0.39, 0.29) is 18.4 Å². The maximum atomic E-state index is 12.2. The Bertz CT molecular complexity index is 554. The molecule has 0 amide bonds. The van der Waals surface area contributed by atoms with Crippen LogP contribution >= 0.6 is 12.4 Å². The molecule has 0 aliphatic heterocycles. The van der Waals surface area contributed by atoms with Crippen LogP contribution in [0, 0.1) is 11.8 Å². The van der Waals surface area contributed by atoms with Gasteiger partial charge in [0, 0.05) is 12.6 Å². The van der Waals surface area contributed by atoms with Crippen LogP contribution in [0.4, 0.5) is 0 Å². The van der Waals surface area contributed by atoms with Crippen LogP contribution in [0.5, 0.6) is 0 Å². The van der Waals surface area contributed by atoms with Crippen LogP contribution in [0.25, 0.3) is 0 Å². The Hall–Kier alpha value is -0.620. The summed E-state index contributed by atoms with van der Waals surface area (Å²) in [6, 6.07) is 7.10. The average Bonchev–Trinajstić information content (AvgIpc) is 3.27. The zero-order chi connectivity index (χ0) is 15.5. The highest BCUT2D eigenvalue weighted by molar-refractivity contribution is 7.89. The molecule has 0 aromatic heterocycles. The van der Waals surface area contributed by atoms with E-state index in [1.807, 2.05) is 12.1 Å². The van der Waals surface area contributed by atoms with Crippen LogP contribution < -0.4 is 10.5 Å². The van der Waals surface area contributed by atoms with Gasteiger partial charge in [0.15, 0.2) is 0 Å². The first-order valence-corrected chi connectivity index (χ1v) is 9.21. The van der Waals surface area contributed by atoms with Crippen LogP contribution in [0.3, 0.4) is 0 Å². The fraction of sp³-hybridized carbons (Fsp3) is 0.625. The van der Waals surface area contributed by atoms with Crippen molar-refractivity contribution >= 4 is 22.4 Å². The molecule has 1 aromatic carbocycles. The number of hydrogen-bond acceptors (Lipinski definition) is 3. The fourth-order valence-electron chi connectivity index (χ4n) is 2.27. The Morgan fingerprint density at radius 2 is 1.82 bits per heavy atom. The molecule has 1 aliphatic rings. The summed E-state index contributed by atoms with van der Waals surface area (Å²) >= 11 is 0. The van der Waals surface area contributed by atoms with Gasteiger partial charge < -0.3 is 5.73 Å². The van der Waals surface area contributed by atoms with E-state index in [0.29, 0.717) is 23.3 Å². The third kappa shape index (κ3) is 5.88. The molecule has 126 valence electrons. The second kappa shape index (κ2) is 8.29. The zero-order valence-electron chi connectivity index (χ0n) is 13.3. The summed E-state index contributed by atoms with van der Waals surface area (Å²) in [6.45, 7) is 4.69. The lowest BCUT2D eigenvalue weighted by Gasteiger charge is -2.12. The van der Waals surface area contributed by atoms with Gasteiger partial charge in [-0.3, -0.25) is 0 Å². The smallest absolute Gasteiger partial charge is 0.240 e. The Morgan fingerprint density at radius 3 is 2.32 bits per heavy atom. The lowest BCUT2D eigenvalue weighted by atomic mass is 10.0. The first-order valence-electron chi connectivity index (χ1n) is 7.72. The van der Waals surface area contributed by atoms with E-state index in [9.17, 15) is 8.42 Å². The van der Waals surface area contributed by atoms with Crippen molar-refractivity contribution in [2.75, 3.05) is 6.54 Å². The molecule has 6 heteroatoms. The van der Waals surface area contributed by atoms with Crippen LogP contribution in [-0.4, -0.2) is 21.0 Å². The molecule has 1 saturated carbocycles. The summed E-state index contributed by atoms with van der Waals surface area (Å²) in [7, 11) is -3.44. The number of aryl methyl sites for hydroxylation is 1. The largest absolute Gasteiger partial charge is 0.326 e. The van der Waals surface area contributed by atoms with E-state index in [4.69, 9.17) is 5.73 Å². The monoisotopic (exact) mass is 346 g/mol. The maximum Gasteiger partial charge on any atom is 0.240 e. The molecule has 1 unspecified atom stereocenters. The van der Waals surface area contributed by atoms with Crippen molar-refractivity contribution in [1.82, 2.24) is 4.72 Å². The predicted molar refractivity (Wildman–Crippen MR) is 92.7 cm³/mol. The molecule has 0 radical (unpaired) electrons. The highest BCUT2D eigenvalue weighted by Crippen LogP contribution is 2.31. The van der Waals surface area contributed by atoms with E-state index in [1.54, 1.807) is 12.1 Å². The Morgan fingerprint density at radius 1 is 1.23 bits per heavy atom. The molecular formula is C16H27ClN2O2S. The number of benzene rings is 1. The highest BCUT2D eigenvalue weighted by Gasteiger charge is 2.29. The van der Waals surface area contributed by atoms with E-state index in [0.717, 1.165) is 25.7 Å². The molecule has 1 aliphatic carbocycles. The molecule has 0 heterocycles. The van der Waals surface area contributed by atoms with Crippen LogP contribution in [0.2, 0.25) is 0 Å². The van der Waals surface area contributed by atoms with Crippen molar-refractivity contribution in [2.45, 2.75) is 50.5 Å². The minimum atomic E-state index is -3.44. The van der Waals surface area contributed by atoms with Crippen molar-refractivity contribution in [1.29, 1.82) is 0 Å². The molecule has 0 bridgehead atoms. The molecule has 1 aromatic rings. The minimum absolute atomic E-state index is 0. The van der Waals surface area contributed by atoms with Gasteiger partial charge in [-0.15, -0.1) is 12.4 Å². The van der Waals surface area contributed by atoms with Gasteiger partial charge >= 0.3 is 0 Å². The third-order valence-corrected chi connectivity index (χ3v) is 5.42. The van der Waals surface area contributed by atoms with Crippen molar-refractivity contribution in [2.24, 2.45) is 17.6 Å². The first-order chi connectivity index (χ1) is 9.88. The maximum absolute atomic E-state index is 12.2. The number of rotatable bonds is 8. The van der Waals surface area contributed by atoms with Crippen molar-refractivity contribution in [3.05, 3.63) is 29.8 Å². The molecule has 2 rings (SSSR count). The lowest BCUT2D eigenvalue weighted by molar-refractivity contribution is 0.547. The number of nitrogens with one attached hydrogen (secondary N) is 1. The minimum Gasteiger partial charge on any atom is -0.326 e. The number of nitrogens with two attached hydrogens (primary N) is 1. The van der Waals surface area contributed by atoms with E-state index >= 15 is 0 Å². The molecule has 1 fully saturated rings. The van der Waals surface area contributed by atoms with Gasteiger partial charge in [-0.25, -0.2) is 13.1 Å². The normalized spacial score (nSPS) is 16.4. The van der Waals surface area contributed by atoms with Crippen LogP contribution in [0.1, 0.15) is 38.7 Å². The van der Waals surface area contributed by atoms with Gasteiger partial charge in [-0.2, -0.15) is 0 Å². The molecule has 3 N–H and O–H groups in total. The van der Waals surface area contributed by atoms with E-state index in [2.05, 4.69) is 18.6 Å². The van der Waals surface area contributed by atoms with Gasteiger partial charge in [-0.05, 0) is 55.2 Å². The zero-order valence-corrected chi connectivity index (χ0v) is 14.9. The topological polar surface area (TPSA) is 72.2 Å². The molecule has 0 saturated heterocycles. The quantitative estimate of drug-likeness (QED) is 0.760. The first kappa shape index (κ1) is 19.4. The Balaban J connectivity index is 0.00000242. The third-order valence-electron chi connectivity index (χ3n) is 3.98. The summed E-state index contributed by atoms with van der Waals surface area (Å²) in [5, 5.41) is 0. The second-order valence-corrected chi connectivity index (χ2v) is 8.20. The van der Waals surface area contributed by atoms with Crippen molar-refractivity contribution < 1.29 is 8.42 Å². The molecule has 22 heavy (non-hydrogen) atoms. The van der Waals surface area contributed by atoms with Gasteiger partial charge in [0.25, 0.3) is 0 Å². The molecule has 0 spiro atoms. The standard InChI is InChI=1S/C16H26N2O2S.ClH/c1-12(2)3-4-13-5-9-15(10-6-13)21(19,20)18-11-16(17)14-7-8-14;/h5-6,9-10,12,14,16,18H,3-4,7-8,11,17H2,1-2H3;1H. The van der Waals surface area contributed by atoms with E-state index < -0.39 is 10.0 Å². The highest BCUT2D eigenvalue weighted by atomic mass is 35.5. The number of sulfonamides is 1. The lowest BCUT2D eigenvalue weighted by Crippen LogP contribution is -2.38. The number of halogens is 1.